The largest absolute Gasteiger partial charge is 0.508 e. The fourth-order valence-electron chi connectivity index (χ4n) is 1.91. The molecule has 0 spiro atoms. The summed E-state index contributed by atoms with van der Waals surface area (Å²) >= 11 is 0. The van der Waals surface area contributed by atoms with E-state index in [1.807, 2.05) is 0 Å². The Kier molecular flexibility index (Phi) is 2.28. The van der Waals surface area contributed by atoms with E-state index in [2.05, 4.69) is 0 Å². The zero-order valence-corrected chi connectivity index (χ0v) is 9.66. The van der Waals surface area contributed by atoms with Crippen LogP contribution in [0.25, 0.3) is 22.3 Å². The van der Waals surface area contributed by atoms with Crippen molar-refractivity contribution in [3.8, 4) is 34.3 Å². The molecule has 5 nitrogen and oxygen atoms in total. The van der Waals surface area contributed by atoms with Gasteiger partial charge in [0.2, 0.25) is 0 Å². The van der Waals surface area contributed by atoms with Crippen molar-refractivity contribution in [2.45, 2.75) is 0 Å². The first-order valence-corrected chi connectivity index (χ1v) is 5.52. The van der Waals surface area contributed by atoms with Crippen molar-refractivity contribution in [3.63, 3.8) is 0 Å². The van der Waals surface area contributed by atoms with Gasteiger partial charge in [0.05, 0.1) is 0 Å². The Balaban J connectivity index is 2.19. The molecule has 2 aromatic carbocycles. The van der Waals surface area contributed by atoms with Crippen LogP contribution in [0, 0.1) is 0 Å². The average molecular weight is 258 g/mol. The van der Waals surface area contributed by atoms with Crippen LogP contribution in [-0.2, 0) is 0 Å². The van der Waals surface area contributed by atoms with Gasteiger partial charge in [-0.25, -0.2) is 0 Å². The van der Waals surface area contributed by atoms with Gasteiger partial charge in [0.15, 0.2) is 17.2 Å². The van der Waals surface area contributed by atoms with Crippen LogP contribution >= 0.6 is 0 Å². The third kappa shape index (κ3) is 1.81. The van der Waals surface area contributed by atoms with Crippen molar-refractivity contribution in [3.05, 3.63) is 36.4 Å². The number of hydrogen-bond acceptors (Lipinski definition) is 5. The van der Waals surface area contributed by atoms with E-state index in [1.165, 1.54) is 24.3 Å². The molecule has 0 saturated carbocycles. The van der Waals surface area contributed by atoms with E-state index < -0.39 is 17.2 Å². The maximum absolute atomic E-state index is 9.47. The molecule has 0 aliphatic carbocycles. The minimum absolute atomic E-state index is 0.0878. The normalized spacial score (nSPS) is 10.9. The van der Waals surface area contributed by atoms with Crippen molar-refractivity contribution < 1.29 is 24.8 Å². The number of fused-ring (bicyclic) bond motifs is 1. The van der Waals surface area contributed by atoms with Crippen LogP contribution < -0.4 is 0 Å². The lowest BCUT2D eigenvalue weighted by molar-refractivity contribution is 0.368. The lowest BCUT2D eigenvalue weighted by atomic mass is 10.1. The first kappa shape index (κ1) is 11.3. The molecule has 0 amide bonds. The molecule has 0 saturated heterocycles. The van der Waals surface area contributed by atoms with Crippen molar-refractivity contribution in [2.75, 3.05) is 0 Å². The summed E-state index contributed by atoms with van der Waals surface area (Å²) in [6.07, 6.45) is 0. The molecule has 0 bridgehead atoms. The Morgan fingerprint density at radius 3 is 2.16 bits per heavy atom. The monoisotopic (exact) mass is 258 g/mol. The van der Waals surface area contributed by atoms with Gasteiger partial charge in [-0.15, -0.1) is 0 Å². The van der Waals surface area contributed by atoms with Gasteiger partial charge in [-0.1, -0.05) is 0 Å². The van der Waals surface area contributed by atoms with Gasteiger partial charge >= 0.3 is 0 Å². The van der Waals surface area contributed by atoms with E-state index in [4.69, 9.17) is 4.42 Å². The minimum Gasteiger partial charge on any atom is -0.508 e. The van der Waals surface area contributed by atoms with Crippen LogP contribution in [0.1, 0.15) is 0 Å². The van der Waals surface area contributed by atoms with E-state index in [1.54, 1.807) is 12.1 Å². The lowest BCUT2D eigenvalue weighted by Gasteiger charge is -2.03. The Hall–Kier alpha value is -2.82. The summed E-state index contributed by atoms with van der Waals surface area (Å²) in [5.41, 5.74) is 0.908. The van der Waals surface area contributed by atoms with Gasteiger partial charge in [-0.2, -0.15) is 0 Å². The predicted octanol–water partition coefficient (Wildman–Crippen LogP) is 2.92. The number of rotatable bonds is 1. The topological polar surface area (TPSA) is 94.1 Å². The van der Waals surface area contributed by atoms with Gasteiger partial charge in [-0.05, 0) is 30.3 Å². The molecule has 96 valence electrons. The highest BCUT2D eigenvalue weighted by Gasteiger charge is 2.13. The molecule has 5 heteroatoms. The molecule has 0 radical (unpaired) electrons. The Morgan fingerprint density at radius 1 is 0.789 bits per heavy atom. The predicted molar refractivity (Wildman–Crippen MR) is 68.3 cm³/mol. The van der Waals surface area contributed by atoms with E-state index in [-0.39, 0.29) is 5.75 Å². The Labute approximate surface area is 107 Å². The van der Waals surface area contributed by atoms with Crippen LogP contribution in [0.2, 0.25) is 0 Å². The molecular weight excluding hydrogens is 248 g/mol. The van der Waals surface area contributed by atoms with E-state index in [9.17, 15) is 20.4 Å². The molecule has 1 heterocycles. The van der Waals surface area contributed by atoms with Crippen LogP contribution in [0.3, 0.4) is 0 Å². The molecule has 1 aromatic heterocycles. The van der Waals surface area contributed by atoms with Crippen LogP contribution in [0.4, 0.5) is 0 Å². The minimum atomic E-state index is -0.572. The molecule has 0 unspecified atom stereocenters. The number of aromatic hydroxyl groups is 4. The van der Waals surface area contributed by atoms with Gasteiger partial charge in [0.1, 0.15) is 17.1 Å². The summed E-state index contributed by atoms with van der Waals surface area (Å²) in [5.74, 6) is -0.940. The molecule has 0 aliphatic rings. The number of phenols is 4. The van der Waals surface area contributed by atoms with Gasteiger partial charge in [0.25, 0.3) is 0 Å². The number of furan rings is 1. The highest BCUT2D eigenvalue weighted by atomic mass is 16.3. The lowest BCUT2D eigenvalue weighted by Crippen LogP contribution is -1.76. The highest BCUT2D eigenvalue weighted by molar-refractivity contribution is 5.84. The summed E-state index contributed by atoms with van der Waals surface area (Å²) in [6, 6.07) is 8.98. The Bertz CT molecular complexity index is 750. The summed E-state index contributed by atoms with van der Waals surface area (Å²) in [4.78, 5) is 0. The second kappa shape index (κ2) is 3.84. The molecule has 0 aliphatic heterocycles. The van der Waals surface area contributed by atoms with E-state index in [0.717, 1.165) is 5.39 Å². The number of phenolic OH excluding ortho intramolecular Hbond substituents is 4. The summed E-state index contributed by atoms with van der Waals surface area (Å²) in [6.45, 7) is 0. The van der Waals surface area contributed by atoms with Gasteiger partial charge in [-0.3, -0.25) is 0 Å². The second-order valence-corrected chi connectivity index (χ2v) is 4.20. The molecule has 3 aromatic rings. The summed E-state index contributed by atoms with van der Waals surface area (Å²) in [7, 11) is 0. The molecular formula is C14H10O5. The van der Waals surface area contributed by atoms with E-state index in [0.29, 0.717) is 16.9 Å². The standard InChI is InChI=1S/C14H10O5/c15-9-2-1-7-5-12(19-13(7)6-9)8-3-10(16)14(18)11(17)4-8/h1-6,15-18H. The number of benzene rings is 2. The zero-order valence-electron chi connectivity index (χ0n) is 9.66. The SMILES string of the molecule is Oc1ccc2cc(-c3cc(O)c(O)c(O)c3)oc2c1. The van der Waals surface area contributed by atoms with Crippen molar-refractivity contribution in [1.82, 2.24) is 0 Å². The van der Waals surface area contributed by atoms with Crippen LogP contribution in [0.15, 0.2) is 40.8 Å². The fraction of sp³-hybridized carbons (Fsp3) is 0. The average Bonchev–Trinajstić information content (AvgIpc) is 2.78. The third-order valence-electron chi connectivity index (χ3n) is 2.86. The smallest absolute Gasteiger partial charge is 0.200 e. The molecule has 3 rings (SSSR count). The third-order valence-corrected chi connectivity index (χ3v) is 2.86. The maximum atomic E-state index is 9.47. The van der Waals surface area contributed by atoms with E-state index >= 15 is 0 Å². The quantitative estimate of drug-likeness (QED) is 0.503. The first-order valence-electron chi connectivity index (χ1n) is 5.52. The first-order chi connectivity index (χ1) is 9.04. The van der Waals surface area contributed by atoms with Gasteiger partial charge in [0, 0.05) is 17.0 Å². The highest BCUT2D eigenvalue weighted by Crippen LogP contribution is 2.40. The van der Waals surface area contributed by atoms with Crippen molar-refractivity contribution in [2.24, 2.45) is 0 Å². The number of hydrogen-bond donors (Lipinski definition) is 4. The van der Waals surface area contributed by atoms with Gasteiger partial charge < -0.3 is 24.8 Å². The summed E-state index contributed by atoms with van der Waals surface area (Å²) < 4.78 is 5.52. The Morgan fingerprint density at radius 2 is 1.47 bits per heavy atom. The molecule has 19 heavy (non-hydrogen) atoms. The second-order valence-electron chi connectivity index (χ2n) is 4.20. The molecule has 0 atom stereocenters. The summed E-state index contributed by atoms with van der Waals surface area (Å²) in [5, 5.41) is 38.4. The maximum Gasteiger partial charge on any atom is 0.200 e. The van der Waals surface area contributed by atoms with Crippen LogP contribution in [-0.4, -0.2) is 20.4 Å². The zero-order chi connectivity index (χ0) is 13.6. The van der Waals surface area contributed by atoms with Crippen molar-refractivity contribution >= 4 is 11.0 Å². The van der Waals surface area contributed by atoms with Crippen molar-refractivity contribution in [1.29, 1.82) is 0 Å². The molecule has 0 fully saturated rings. The fourth-order valence-corrected chi connectivity index (χ4v) is 1.91. The van der Waals surface area contributed by atoms with Crippen LogP contribution in [0.5, 0.6) is 23.0 Å². The molecule has 4 N–H and O–H groups in total.